The van der Waals surface area contributed by atoms with Gasteiger partial charge in [-0.15, -0.1) is 0 Å². The molecule has 2 aromatic rings. The van der Waals surface area contributed by atoms with Crippen LogP contribution >= 0.6 is 11.6 Å². The molecule has 1 N–H and O–H groups in total. The molecule has 0 aliphatic heterocycles. The molecule has 96 valence electrons. The van der Waals surface area contributed by atoms with Gasteiger partial charge in [0, 0.05) is 17.1 Å². The summed E-state index contributed by atoms with van der Waals surface area (Å²) in [5.41, 5.74) is 1.15. The second-order valence-electron chi connectivity index (χ2n) is 4.07. The quantitative estimate of drug-likeness (QED) is 0.898. The number of nitrogens with one attached hydrogen (secondary N) is 1. The van der Waals surface area contributed by atoms with Crippen molar-refractivity contribution in [2.75, 3.05) is 7.05 Å². The zero-order valence-corrected chi connectivity index (χ0v) is 11.3. The molecular formula is C14H16ClNO2. The summed E-state index contributed by atoms with van der Waals surface area (Å²) in [5.74, 6) is 2.48. The number of aryl methyl sites for hydroxylation is 1. The number of benzene rings is 1. The summed E-state index contributed by atoms with van der Waals surface area (Å²) in [5, 5.41) is 3.77. The molecule has 0 unspecified atom stereocenters. The minimum atomic E-state index is 0.408. The molecule has 0 aliphatic rings. The lowest BCUT2D eigenvalue weighted by Gasteiger charge is -2.03. The molecule has 0 amide bonds. The number of furan rings is 1. The fraction of sp³-hybridized carbons (Fsp3) is 0.286. The lowest BCUT2D eigenvalue weighted by atomic mass is 10.2. The maximum atomic E-state index is 5.89. The molecule has 0 spiro atoms. The summed E-state index contributed by atoms with van der Waals surface area (Å²) in [4.78, 5) is 0. The third-order valence-corrected chi connectivity index (χ3v) is 2.85. The number of rotatable bonds is 5. The van der Waals surface area contributed by atoms with Crippen molar-refractivity contribution in [3.05, 3.63) is 52.4 Å². The van der Waals surface area contributed by atoms with Crippen LogP contribution in [-0.2, 0) is 13.2 Å². The van der Waals surface area contributed by atoms with Crippen LogP contribution in [0.15, 0.2) is 34.7 Å². The van der Waals surface area contributed by atoms with Gasteiger partial charge in [0.1, 0.15) is 23.9 Å². The Hall–Kier alpha value is -1.45. The van der Waals surface area contributed by atoms with Gasteiger partial charge in [-0.3, -0.25) is 0 Å². The molecule has 3 nitrogen and oxygen atoms in total. The van der Waals surface area contributed by atoms with E-state index in [4.69, 9.17) is 20.8 Å². The maximum Gasteiger partial charge on any atom is 0.146 e. The third kappa shape index (κ3) is 3.28. The van der Waals surface area contributed by atoms with Crippen LogP contribution in [0.25, 0.3) is 0 Å². The maximum absolute atomic E-state index is 5.89. The van der Waals surface area contributed by atoms with Gasteiger partial charge >= 0.3 is 0 Å². The Balaban J connectivity index is 2.00. The largest absolute Gasteiger partial charge is 0.486 e. The van der Waals surface area contributed by atoms with Gasteiger partial charge in [-0.05, 0) is 38.2 Å². The van der Waals surface area contributed by atoms with Gasteiger partial charge in [-0.2, -0.15) is 0 Å². The van der Waals surface area contributed by atoms with Crippen LogP contribution in [0, 0.1) is 6.92 Å². The molecule has 0 aliphatic carbocycles. The smallest absolute Gasteiger partial charge is 0.146 e. The number of hydrogen-bond acceptors (Lipinski definition) is 3. The average Bonchev–Trinajstić information content (AvgIpc) is 2.69. The van der Waals surface area contributed by atoms with Crippen LogP contribution in [0.2, 0.25) is 5.02 Å². The van der Waals surface area contributed by atoms with Crippen molar-refractivity contribution in [1.29, 1.82) is 0 Å². The Kier molecular flexibility index (Phi) is 4.28. The first-order valence-corrected chi connectivity index (χ1v) is 6.18. The molecular weight excluding hydrogens is 250 g/mol. The molecule has 4 heteroatoms. The van der Waals surface area contributed by atoms with E-state index in [1.807, 2.05) is 38.2 Å². The van der Waals surface area contributed by atoms with E-state index in [1.54, 1.807) is 6.07 Å². The lowest BCUT2D eigenvalue weighted by molar-refractivity contribution is 0.267. The van der Waals surface area contributed by atoms with E-state index >= 15 is 0 Å². The first-order chi connectivity index (χ1) is 8.69. The van der Waals surface area contributed by atoms with Crippen molar-refractivity contribution in [1.82, 2.24) is 5.32 Å². The SMILES string of the molecule is CNCc1cc(COc2cccc(Cl)c2)oc1C. The van der Waals surface area contributed by atoms with E-state index < -0.39 is 0 Å². The van der Waals surface area contributed by atoms with E-state index in [0.29, 0.717) is 11.6 Å². The van der Waals surface area contributed by atoms with E-state index in [1.165, 1.54) is 0 Å². The molecule has 1 aromatic carbocycles. The van der Waals surface area contributed by atoms with Crippen LogP contribution in [0.5, 0.6) is 5.75 Å². The van der Waals surface area contributed by atoms with E-state index in [9.17, 15) is 0 Å². The molecule has 18 heavy (non-hydrogen) atoms. The summed E-state index contributed by atoms with van der Waals surface area (Å²) in [7, 11) is 1.91. The fourth-order valence-corrected chi connectivity index (χ4v) is 1.92. The zero-order chi connectivity index (χ0) is 13.0. The molecule has 1 aromatic heterocycles. The van der Waals surface area contributed by atoms with Crippen LogP contribution < -0.4 is 10.1 Å². The van der Waals surface area contributed by atoms with Crippen LogP contribution in [0.4, 0.5) is 0 Å². The minimum Gasteiger partial charge on any atom is -0.486 e. The van der Waals surface area contributed by atoms with Gasteiger partial charge in [0.15, 0.2) is 0 Å². The van der Waals surface area contributed by atoms with Crippen molar-refractivity contribution in [3.63, 3.8) is 0 Å². The van der Waals surface area contributed by atoms with Crippen molar-refractivity contribution in [2.24, 2.45) is 0 Å². The molecule has 0 saturated heterocycles. The van der Waals surface area contributed by atoms with Gasteiger partial charge in [0.25, 0.3) is 0 Å². The predicted molar refractivity (Wildman–Crippen MR) is 72.0 cm³/mol. The van der Waals surface area contributed by atoms with Gasteiger partial charge in [0.05, 0.1) is 0 Å². The summed E-state index contributed by atoms with van der Waals surface area (Å²) >= 11 is 5.89. The van der Waals surface area contributed by atoms with E-state index in [2.05, 4.69) is 5.32 Å². The Labute approximate surface area is 112 Å². The Morgan fingerprint density at radius 3 is 2.89 bits per heavy atom. The summed E-state index contributed by atoms with van der Waals surface area (Å²) < 4.78 is 11.2. The van der Waals surface area contributed by atoms with Gasteiger partial charge in [-0.25, -0.2) is 0 Å². The monoisotopic (exact) mass is 265 g/mol. The predicted octanol–water partition coefficient (Wildman–Crippen LogP) is 3.54. The second-order valence-corrected chi connectivity index (χ2v) is 4.51. The Morgan fingerprint density at radius 2 is 2.17 bits per heavy atom. The second kappa shape index (κ2) is 5.94. The standard InChI is InChI=1S/C14H16ClNO2/c1-10-11(8-16-2)6-14(18-10)9-17-13-5-3-4-12(15)7-13/h3-7,16H,8-9H2,1-2H3. The van der Waals surface area contributed by atoms with Crippen LogP contribution in [-0.4, -0.2) is 7.05 Å². The van der Waals surface area contributed by atoms with Crippen molar-refractivity contribution in [3.8, 4) is 5.75 Å². The number of hydrogen-bond donors (Lipinski definition) is 1. The highest BCUT2D eigenvalue weighted by Gasteiger charge is 2.07. The van der Waals surface area contributed by atoms with Gasteiger partial charge < -0.3 is 14.5 Å². The van der Waals surface area contributed by atoms with Crippen molar-refractivity contribution < 1.29 is 9.15 Å². The van der Waals surface area contributed by atoms with Crippen molar-refractivity contribution in [2.45, 2.75) is 20.1 Å². The first-order valence-electron chi connectivity index (χ1n) is 5.80. The first kappa shape index (κ1) is 13.0. The van der Waals surface area contributed by atoms with E-state index in [0.717, 1.165) is 29.4 Å². The molecule has 2 rings (SSSR count). The Bertz CT molecular complexity index is 522. The number of ether oxygens (including phenoxy) is 1. The minimum absolute atomic E-state index is 0.408. The molecule has 0 bridgehead atoms. The molecule has 0 fully saturated rings. The zero-order valence-electron chi connectivity index (χ0n) is 10.5. The summed E-state index contributed by atoms with van der Waals surface area (Å²) in [6.45, 7) is 3.16. The average molecular weight is 266 g/mol. The topological polar surface area (TPSA) is 34.4 Å². The van der Waals surface area contributed by atoms with Crippen molar-refractivity contribution >= 4 is 11.6 Å². The normalized spacial score (nSPS) is 10.6. The molecule has 0 radical (unpaired) electrons. The van der Waals surface area contributed by atoms with Crippen LogP contribution in [0.3, 0.4) is 0 Å². The highest BCUT2D eigenvalue weighted by atomic mass is 35.5. The molecule has 0 atom stereocenters. The summed E-state index contributed by atoms with van der Waals surface area (Å²) in [6.07, 6.45) is 0. The highest BCUT2D eigenvalue weighted by molar-refractivity contribution is 6.30. The van der Waals surface area contributed by atoms with E-state index in [-0.39, 0.29) is 0 Å². The highest BCUT2D eigenvalue weighted by Crippen LogP contribution is 2.20. The Morgan fingerprint density at radius 1 is 1.33 bits per heavy atom. The summed E-state index contributed by atoms with van der Waals surface area (Å²) in [6, 6.07) is 9.34. The number of halogens is 1. The lowest BCUT2D eigenvalue weighted by Crippen LogP contribution is -2.04. The van der Waals surface area contributed by atoms with Gasteiger partial charge in [-0.1, -0.05) is 17.7 Å². The third-order valence-electron chi connectivity index (χ3n) is 2.62. The van der Waals surface area contributed by atoms with Crippen LogP contribution in [0.1, 0.15) is 17.1 Å². The molecule has 0 saturated carbocycles. The molecule has 1 heterocycles. The fourth-order valence-electron chi connectivity index (χ4n) is 1.74. The van der Waals surface area contributed by atoms with Gasteiger partial charge in [0.2, 0.25) is 0 Å².